The molecule has 0 bridgehead atoms. The molecule has 3 rings (SSSR count). The molecule has 3 aromatic rings. The number of sulfonamides is 1. The molecule has 12 heteroatoms. The summed E-state index contributed by atoms with van der Waals surface area (Å²) in [6.07, 6.45) is 0.259. The van der Waals surface area contributed by atoms with E-state index in [-0.39, 0.29) is 28.6 Å². The van der Waals surface area contributed by atoms with E-state index in [1.165, 1.54) is 48.3 Å². The molecule has 8 nitrogen and oxygen atoms in total. The minimum atomic E-state index is -4.30. The molecule has 0 aliphatic heterocycles. The Hall–Kier alpha value is -3.34. The second-order valence-corrected chi connectivity index (χ2v) is 11.4. The van der Waals surface area contributed by atoms with Crippen LogP contribution in [0, 0.1) is 5.82 Å². The lowest BCUT2D eigenvalue weighted by Crippen LogP contribution is -2.51. The van der Waals surface area contributed by atoms with Crippen LogP contribution in [0.3, 0.4) is 0 Å². The van der Waals surface area contributed by atoms with Crippen LogP contribution in [0.2, 0.25) is 10.0 Å². The first kappa shape index (κ1) is 31.2. The zero-order chi connectivity index (χ0) is 29.4. The molecule has 214 valence electrons. The second kappa shape index (κ2) is 13.8. The molecule has 0 aromatic heterocycles. The smallest absolute Gasteiger partial charge is 0.264 e. The summed E-state index contributed by atoms with van der Waals surface area (Å²) in [4.78, 5) is 27.8. The Morgan fingerprint density at radius 1 is 0.975 bits per heavy atom. The van der Waals surface area contributed by atoms with Crippen molar-refractivity contribution in [1.29, 1.82) is 0 Å². The van der Waals surface area contributed by atoms with Gasteiger partial charge in [-0.2, -0.15) is 0 Å². The van der Waals surface area contributed by atoms with Crippen LogP contribution < -0.4 is 14.4 Å². The van der Waals surface area contributed by atoms with Crippen LogP contribution >= 0.6 is 23.2 Å². The van der Waals surface area contributed by atoms with Gasteiger partial charge in [0.1, 0.15) is 24.2 Å². The molecule has 0 aliphatic rings. The zero-order valence-corrected chi connectivity index (χ0v) is 24.6. The van der Waals surface area contributed by atoms with E-state index in [1.54, 1.807) is 32.0 Å². The maximum Gasteiger partial charge on any atom is 0.264 e. The minimum Gasteiger partial charge on any atom is -0.494 e. The standard InChI is InChI=1S/C28H30Cl2FN3O5S/c1-4-26(28(36)32-3)33(17-19-6-15-24(29)25(30)16-19)27(35)18-34(21-9-7-20(31)8-10-21)40(37,38)23-13-11-22(12-14-23)39-5-2/h6-16,26H,4-5,17-18H2,1-3H3,(H,32,36)/t26-/m1/s1. The molecule has 1 N–H and O–H groups in total. The molecule has 3 aromatic carbocycles. The van der Waals surface area contributed by atoms with Gasteiger partial charge in [-0.15, -0.1) is 0 Å². The normalized spacial score (nSPS) is 11.9. The van der Waals surface area contributed by atoms with Crippen LogP contribution in [0.15, 0.2) is 71.6 Å². The van der Waals surface area contributed by atoms with Crippen molar-refractivity contribution < 1.29 is 27.1 Å². The number of ether oxygens (including phenoxy) is 1. The Kier molecular flexibility index (Phi) is 10.8. The summed E-state index contributed by atoms with van der Waals surface area (Å²) in [6, 6.07) is 14.4. The Morgan fingerprint density at radius 3 is 2.17 bits per heavy atom. The third-order valence-electron chi connectivity index (χ3n) is 6.09. The predicted octanol–water partition coefficient (Wildman–Crippen LogP) is 5.28. The Bertz CT molecular complexity index is 1440. The van der Waals surface area contributed by atoms with Crippen molar-refractivity contribution in [3.63, 3.8) is 0 Å². The molecule has 2 amide bonds. The van der Waals surface area contributed by atoms with Crippen molar-refractivity contribution in [2.24, 2.45) is 0 Å². The average molecular weight is 611 g/mol. The van der Waals surface area contributed by atoms with Gasteiger partial charge in [0.15, 0.2) is 0 Å². The third-order valence-corrected chi connectivity index (χ3v) is 8.61. The molecular formula is C28H30Cl2FN3O5S. The van der Waals surface area contributed by atoms with E-state index in [0.717, 1.165) is 16.4 Å². The van der Waals surface area contributed by atoms with E-state index in [4.69, 9.17) is 27.9 Å². The van der Waals surface area contributed by atoms with Crippen molar-refractivity contribution >= 4 is 50.7 Å². The first-order chi connectivity index (χ1) is 19.0. The lowest BCUT2D eigenvalue weighted by molar-refractivity contribution is -0.140. The number of hydrogen-bond donors (Lipinski definition) is 1. The number of nitrogens with zero attached hydrogens (tertiary/aromatic N) is 2. The molecule has 0 aliphatic carbocycles. The fraction of sp³-hybridized carbons (Fsp3) is 0.286. The number of benzene rings is 3. The number of halogens is 3. The van der Waals surface area contributed by atoms with Gasteiger partial charge >= 0.3 is 0 Å². The largest absolute Gasteiger partial charge is 0.494 e. The van der Waals surface area contributed by atoms with E-state index in [2.05, 4.69) is 5.32 Å². The van der Waals surface area contributed by atoms with Crippen molar-refractivity contribution in [3.8, 4) is 5.75 Å². The molecule has 1 atom stereocenters. The molecule has 0 unspecified atom stereocenters. The zero-order valence-electron chi connectivity index (χ0n) is 22.2. The SMILES string of the molecule is CCOc1ccc(S(=O)(=O)N(CC(=O)N(Cc2ccc(Cl)c(Cl)c2)[C@H](CC)C(=O)NC)c2ccc(F)cc2)cc1. The van der Waals surface area contributed by atoms with Gasteiger partial charge in [-0.1, -0.05) is 36.2 Å². The van der Waals surface area contributed by atoms with Crippen LogP contribution in [-0.4, -0.2) is 51.4 Å². The summed E-state index contributed by atoms with van der Waals surface area (Å²) in [6.45, 7) is 3.25. The van der Waals surface area contributed by atoms with E-state index >= 15 is 0 Å². The maximum atomic E-state index is 13.9. The van der Waals surface area contributed by atoms with Gasteiger partial charge < -0.3 is 15.0 Å². The Morgan fingerprint density at radius 2 is 1.62 bits per heavy atom. The third kappa shape index (κ3) is 7.44. The summed E-state index contributed by atoms with van der Waals surface area (Å²) in [7, 11) is -2.85. The Balaban J connectivity index is 2.05. The fourth-order valence-corrected chi connectivity index (χ4v) is 5.79. The number of amides is 2. The van der Waals surface area contributed by atoms with Crippen LogP contribution in [0.1, 0.15) is 25.8 Å². The summed E-state index contributed by atoms with van der Waals surface area (Å²) in [5, 5.41) is 3.15. The van der Waals surface area contributed by atoms with Gasteiger partial charge in [0.25, 0.3) is 10.0 Å². The van der Waals surface area contributed by atoms with Gasteiger partial charge in [0, 0.05) is 13.6 Å². The van der Waals surface area contributed by atoms with Gasteiger partial charge in [-0.25, -0.2) is 12.8 Å². The molecule has 0 radical (unpaired) electrons. The van der Waals surface area contributed by atoms with Gasteiger partial charge in [-0.3, -0.25) is 13.9 Å². The van der Waals surface area contributed by atoms with Crippen molar-refractivity contribution in [3.05, 3.63) is 88.2 Å². The van der Waals surface area contributed by atoms with Crippen LogP contribution in [-0.2, 0) is 26.2 Å². The highest BCUT2D eigenvalue weighted by Crippen LogP contribution is 2.27. The van der Waals surface area contributed by atoms with Crippen molar-refractivity contribution in [1.82, 2.24) is 10.2 Å². The summed E-state index contributed by atoms with van der Waals surface area (Å²) >= 11 is 12.2. The molecule has 0 saturated carbocycles. The molecule has 0 heterocycles. The van der Waals surface area contributed by atoms with Gasteiger partial charge in [0.05, 0.1) is 27.2 Å². The quantitative estimate of drug-likeness (QED) is 0.301. The molecule has 0 fully saturated rings. The van der Waals surface area contributed by atoms with E-state index in [1.807, 2.05) is 0 Å². The van der Waals surface area contributed by atoms with E-state index in [0.29, 0.717) is 22.9 Å². The summed E-state index contributed by atoms with van der Waals surface area (Å²) < 4.78 is 47.7. The number of anilines is 1. The average Bonchev–Trinajstić information content (AvgIpc) is 2.94. The molecular weight excluding hydrogens is 580 g/mol. The van der Waals surface area contributed by atoms with Gasteiger partial charge in [0.2, 0.25) is 11.8 Å². The highest BCUT2D eigenvalue weighted by molar-refractivity contribution is 7.92. The number of carbonyl (C=O) groups is 2. The van der Waals surface area contributed by atoms with Crippen LogP contribution in [0.25, 0.3) is 0 Å². The first-order valence-electron chi connectivity index (χ1n) is 12.5. The number of rotatable bonds is 12. The Labute approximate surface area is 243 Å². The van der Waals surface area contributed by atoms with Crippen molar-refractivity contribution in [2.75, 3.05) is 24.5 Å². The van der Waals surface area contributed by atoms with Crippen LogP contribution in [0.5, 0.6) is 5.75 Å². The highest BCUT2D eigenvalue weighted by Gasteiger charge is 2.33. The molecule has 40 heavy (non-hydrogen) atoms. The molecule has 0 saturated heterocycles. The first-order valence-corrected chi connectivity index (χ1v) is 14.7. The number of nitrogens with one attached hydrogen (secondary N) is 1. The number of hydrogen-bond acceptors (Lipinski definition) is 5. The lowest BCUT2D eigenvalue weighted by atomic mass is 10.1. The molecule has 0 spiro atoms. The predicted molar refractivity (Wildman–Crippen MR) is 154 cm³/mol. The fourth-order valence-electron chi connectivity index (χ4n) is 4.06. The van der Waals surface area contributed by atoms with Crippen molar-refractivity contribution in [2.45, 2.75) is 37.8 Å². The monoisotopic (exact) mass is 609 g/mol. The minimum absolute atomic E-state index is 0.0397. The topological polar surface area (TPSA) is 96.0 Å². The number of carbonyl (C=O) groups excluding carboxylic acids is 2. The summed E-state index contributed by atoms with van der Waals surface area (Å²) in [5.74, 6) is -1.16. The number of likely N-dealkylation sites (N-methyl/N-ethyl adjacent to an activating group) is 1. The highest BCUT2D eigenvalue weighted by atomic mass is 35.5. The van der Waals surface area contributed by atoms with Gasteiger partial charge in [-0.05, 0) is 79.6 Å². The second-order valence-electron chi connectivity index (χ2n) is 8.70. The van der Waals surface area contributed by atoms with E-state index in [9.17, 15) is 22.4 Å². The maximum absolute atomic E-state index is 13.9. The lowest BCUT2D eigenvalue weighted by Gasteiger charge is -2.33. The van der Waals surface area contributed by atoms with Crippen LogP contribution in [0.4, 0.5) is 10.1 Å². The summed E-state index contributed by atoms with van der Waals surface area (Å²) in [5.41, 5.74) is 0.666. The van der Waals surface area contributed by atoms with E-state index < -0.39 is 40.2 Å².